The standard InChI is InChI=1S/C13H9F5N2/c14-10-4-8(3-9(5-10)13(16,17)18)6-19-11-1-2-12(15)20-7-11/h1-5,7,19H,6H2. The maximum absolute atomic E-state index is 13.1. The number of hydrogen-bond acceptors (Lipinski definition) is 2. The van der Waals surface area contributed by atoms with Gasteiger partial charge in [-0.2, -0.15) is 17.6 Å². The fraction of sp³-hybridized carbons (Fsp3) is 0.154. The van der Waals surface area contributed by atoms with Gasteiger partial charge in [0.2, 0.25) is 5.95 Å². The van der Waals surface area contributed by atoms with Crippen molar-refractivity contribution in [2.24, 2.45) is 0 Å². The van der Waals surface area contributed by atoms with Crippen molar-refractivity contribution < 1.29 is 22.0 Å². The quantitative estimate of drug-likeness (QED) is 0.682. The Labute approximate surface area is 111 Å². The molecule has 0 unspecified atom stereocenters. The molecule has 1 aromatic heterocycles. The summed E-state index contributed by atoms with van der Waals surface area (Å²) in [5.74, 6) is -1.63. The van der Waals surface area contributed by atoms with Crippen molar-refractivity contribution >= 4 is 5.69 Å². The van der Waals surface area contributed by atoms with Gasteiger partial charge in [-0.1, -0.05) is 0 Å². The van der Waals surface area contributed by atoms with E-state index < -0.39 is 23.5 Å². The topological polar surface area (TPSA) is 24.9 Å². The molecule has 0 radical (unpaired) electrons. The molecule has 2 rings (SSSR count). The van der Waals surface area contributed by atoms with Crippen molar-refractivity contribution in [3.05, 3.63) is 59.4 Å². The number of aromatic nitrogens is 1. The van der Waals surface area contributed by atoms with E-state index in [1.165, 1.54) is 12.3 Å². The van der Waals surface area contributed by atoms with Crippen LogP contribution in [0.25, 0.3) is 0 Å². The first-order valence-electron chi connectivity index (χ1n) is 5.57. The van der Waals surface area contributed by atoms with Gasteiger partial charge in [-0.05, 0) is 35.9 Å². The lowest BCUT2D eigenvalue weighted by Crippen LogP contribution is -2.08. The van der Waals surface area contributed by atoms with Gasteiger partial charge in [0.15, 0.2) is 0 Å². The molecular formula is C13H9F5N2. The van der Waals surface area contributed by atoms with Gasteiger partial charge < -0.3 is 5.32 Å². The molecule has 0 aliphatic heterocycles. The highest BCUT2D eigenvalue weighted by atomic mass is 19.4. The van der Waals surface area contributed by atoms with Gasteiger partial charge in [0.1, 0.15) is 5.82 Å². The van der Waals surface area contributed by atoms with Crippen LogP contribution in [0.2, 0.25) is 0 Å². The Morgan fingerprint density at radius 2 is 1.80 bits per heavy atom. The largest absolute Gasteiger partial charge is 0.416 e. The summed E-state index contributed by atoms with van der Waals surface area (Å²) in [6, 6.07) is 4.77. The van der Waals surface area contributed by atoms with E-state index in [1.807, 2.05) is 0 Å². The second kappa shape index (κ2) is 5.44. The molecule has 7 heteroatoms. The highest BCUT2D eigenvalue weighted by molar-refractivity contribution is 5.41. The van der Waals surface area contributed by atoms with Crippen LogP contribution in [0.15, 0.2) is 36.5 Å². The number of alkyl halides is 3. The zero-order chi connectivity index (χ0) is 14.8. The fourth-order valence-electron chi connectivity index (χ4n) is 1.60. The van der Waals surface area contributed by atoms with Crippen LogP contribution in [0.4, 0.5) is 27.6 Å². The summed E-state index contributed by atoms with van der Waals surface area (Å²) in [5, 5.41) is 2.73. The summed E-state index contributed by atoms with van der Waals surface area (Å²) in [4.78, 5) is 3.38. The third-order valence-corrected chi connectivity index (χ3v) is 2.51. The van der Waals surface area contributed by atoms with Gasteiger partial charge in [-0.15, -0.1) is 0 Å². The van der Waals surface area contributed by atoms with Crippen LogP contribution in [0.3, 0.4) is 0 Å². The third kappa shape index (κ3) is 3.66. The van der Waals surface area contributed by atoms with Crippen molar-refractivity contribution in [2.45, 2.75) is 12.7 Å². The molecule has 0 saturated heterocycles. The van der Waals surface area contributed by atoms with E-state index in [0.29, 0.717) is 11.8 Å². The lowest BCUT2D eigenvalue weighted by atomic mass is 10.1. The minimum atomic E-state index is -4.60. The average molecular weight is 288 g/mol. The van der Waals surface area contributed by atoms with E-state index in [4.69, 9.17) is 0 Å². The molecule has 20 heavy (non-hydrogen) atoms. The number of hydrogen-bond donors (Lipinski definition) is 1. The number of halogens is 5. The SMILES string of the molecule is Fc1cc(CNc2ccc(F)nc2)cc(C(F)(F)F)c1. The van der Waals surface area contributed by atoms with Crippen molar-refractivity contribution in [1.82, 2.24) is 4.98 Å². The molecule has 0 spiro atoms. The van der Waals surface area contributed by atoms with Gasteiger partial charge in [0.25, 0.3) is 0 Å². The van der Waals surface area contributed by atoms with E-state index >= 15 is 0 Å². The molecule has 0 bridgehead atoms. The fourth-order valence-corrected chi connectivity index (χ4v) is 1.60. The van der Waals surface area contributed by atoms with Crippen LogP contribution in [0, 0.1) is 11.8 Å². The second-order valence-corrected chi connectivity index (χ2v) is 4.07. The zero-order valence-electron chi connectivity index (χ0n) is 10.0. The van der Waals surface area contributed by atoms with Gasteiger partial charge in [-0.25, -0.2) is 9.37 Å². The molecule has 0 amide bonds. The minimum absolute atomic E-state index is 0.0336. The lowest BCUT2D eigenvalue weighted by Gasteiger charge is -2.10. The van der Waals surface area contributed by atoms with Crippen LogP contribution in [0.1, 0.15) is 11.1 Å². The Morgan fingerprint density at radius 1 is 1.05 bits per heavy atom. The smallest absolute Gasteiger partial charge is 0.380 e. The Morgan fingerprint density at radius 3 is 2.40 bits per heavy atom. The highest BCUT2D eigenvalue weighted by Crippen LogP contribution is 2.30. The Kier molecular flexibility index (Phi) is 3.87. The van der Waals surface area contributed by atoms with Crippen LogP contribution in [0.5, 0.6) is 0 Å². The van der Waals surface area contributed by atoms with Crippen molar-refractivity contribution in [1.29, 1.82) is 0 Å². The molecule has 2 nitrogen and oxygen atoms in total. The van der Waals surface area contributed by atoms with E-state index in [2.05, 4.69) is 10.3 Å². The molecule has 0 aliphatic rings. The Balaban J connectivity index is 2.13. The number of anilines is 1. The number of nitrogens with one attached hydrogen (secondary N) is 1. The molecule has 0 saturated carbocycles. The molecule has 106 valence electrons. The molecular weight excluding hydrogens is 279 g/mol. The van der Waals surface area contributed by atoms with Gasteiger partial charge in [0, 0.05) is 6.54 Å². The van der Waals surface area contributed by atoms with Gasteiger partial charge in [-0.3, -0.25) is 0 Å². The molecule has 1 aromatic carbocycles. The van der Waals surface area contributed by atoms with Crippen molar-refractivity contribution in [3.63, 3.8) is 0 Å². The highest BCUT2D eigenvalue weighted by Gasteiger charge is 2.31. The summed E-state index contributed by atoms with van der Waals surface area (Å²) in [7, 11) is 0. The van der Waals surface area contributed by atoms with Crippen molar-refractivity contribution in [2.75, 3.05) is 5.32 Å². The van der Waals surface area contributed by atoms with E-state index in [-0.39, 0.29) is 12.1 Å². The van der Waals surface area contributed by atoms with Crippen LogP contribution in [-0.4, -0.2) is 4.98 Å². The molecule has 0 fully saturated rings. The van der Waals surface area contributed by atoms with E-state index in [0.717, 1.165) is 18.2 Å². The molecule has 1 N–H and O–H groups in total. The predicted molar refractivity (Wildman–Crippen MR) is 62.9 cm³/mol. The molecule has 1 heterocycles. The van der Waals surface area contributed by atoms with Gasteiger partial charge >= 0.3 is 6.18 Å². The summed E-state index contributed by atoms with van der Waals surface area (Å²) in [5.41, 5.74) is -0.502. The second-order valence-electron chi connectivity index (χ2n) is 4.07. The average Bonchev–Trinajstić information content (AvgIpc) is 2.36. The first-order chi connectivity index (χ1) is 9.34. The molecule has 0 aliphatic carbocycles. The van der Waals surface area contributed by atoms with Crippen molar-refractivity contribution in [3.8, 4) is 0 Å². The Hall–Kier alpha value is -2.18. The number of pyridine rings is 1. The van der Waals surface area contributed by atoms with Crippen LogP contribution >= 0.6 is 0 Å². The van der Waals surface area contributed by atoms with Crippen LogP contribution < -0.4 is 5.32 Å². The van der Waals surface area contributed by atoms with Crippen LogP contribution in [-0.2, 0) is 12.7 Å². The normalized spacial score (nSPS) is 11.4. The van der Waals surface area contributed by atoms with Gasteiger partial charge in [0.05, 0.1) is 17.4 Å². The first-order valence-corrected chi connectivity index (χ1v) is 5.57. The monoisotopic (exact) mass is 288 g/mol. The summed E-state index contributed by atoms with van der Waals surface area (Å²) in [6.07, 6.45) is -3.41. The van der Waals surface area contributed by atoms with E-state index in [9.17, 15) is 22.0 Å². The molecule has 2 aromatic rings. The predicted octanol–water partition coefficient (Wildman–Crippen LogP) is 3.99. The lowest BCUT2D eigenvalue weighted by molar-refractivity contribution is -0.137. The third-order valence-electron chi connectivity index (χ3n) is 2.51. The van der Waals surface area contributed by atoms with E-state index in [1.54, 1.807) is 0 Å². The maximum atomic E-state index is 13.1. The number of rotatable bonds is 3. The number of nitrogens with zero attached hydrogens (tertiary/aromatic N) is 1. The summed E-state index contributed by atoms with van der Waals surface area (Å²) < 4.78 is 63.3. The number of benzene rings is 1. The first kappa shape index (κ1) is 14.2. The molecule has 0 atom stereocenters. The maximum Gasteiger partial charge on any atom is 0.416 e. The summed E-state index contributed by atoms with van der Waals surface area (Å²) in [6.45, 7) is -0.0336. The zero-order valence-corrected chi connectivity index (χ0v) is 10.0. The minimum Gasteiger partial charge on any atom is -0.380 e. The summed E-state index contributed by atoms with van der Waals surface area (Å²) >= 11 is 0. The Bertz CT molecular complexity index is 593.